The van der Waals surface area contributed by atoms with Crippen molar-refractivity contribution in [1.82, 2.24) is 14.7 Å². The van der Waals surface area contributed by atoms with Gasteiger partial charge in [0.2, 0.25) is 0 Å². The second-order valence-corrected chi connectivity index (χ2v) is 6.05. The summed E-state index contributed by atoms with van der Waals surface area (Å²) < 4.78 is 2.07. The van der Waals surface area contributed by atoms with Crippen LogP contribution >= 0.6 is 0 Å². The summed E-state index contributed by atoms with van der Waals surface area (Å²) >= 11 is 0. The number of benzene rings is 1. The standard InChI is InChI=1S/C16H23N3O/c1-3-19-15-7-5-4-6-13(15)14(17-19)12-18-10-8-16(2,20)9-11-18/h4-7,20H,3,8-12H2,1-2H3. The average molecular weight is 273 g/mol. The monoisotopic (exact) mass is 273 g/mol. The number of piperidine rings is 1. The molecule has 3 rings (SSSR count). The molecule has 20 heavy (non-hydrogen) atoms. The largest absolute Gasteiger partial charge is 0.390 e. The molecule has 2 aromatic rings. The molecule has 0 bridgehead atoms. The Morgan fingerprint density at radius 1 is 1.25 bits per heavy atom. The zero-order valence-electron chi connectivity index (χ0n) is 12.3. The van der Waals surface area contributed by atoms with Gasteiger partial charge in [-0.1, -0.05) is 18.2 Å². The van der Waals surface area contributed by atoms with Crippen LogP contribution in [0.25, 0.3) is 10.9 Å². The molecule has 1 aromatic heterocycles. The molecule has 1 fully saturated rings. The molecule has 1 aliphatic rings. The molecule has 1 aliphatic heterocycles. The molecule has 1 N–H and O–H groups in total. The number of aliphatic hydroxyl groups is 1. The summed E-state index contributed by atoms with van der Waals surface area (Å²) in [7, 11) is 0. The predicted octanol–water partition coefficient (Wildman–Crippen LogP) is 2.40. The second-order valence-electron chi connectivity index (χ2n) is 6.05. The van der Waals surface area contributed by atoms with Crippen LogP contribution in [0.15, 0.2) is 24.3 Å². The third kappa shape index (κ3) is 2.58. The van der Waals surface area contributed by atoms with Gasteiger partial charge in [-0.2, -0.15) is 5.10 Å². The molecular weight excluding hydrogens is 250 g/mol. The molecule has 0 amide bonds. The fraction of sp³-hybridized carbons (Fsp3) is 0.562. The molecule has 0 radical (unpaired) electrons. The highest BCUT2D eigenvalue weighted by atomic mass is 16.3. The Bertz CT molecular complexity index is 593. The molecule has 4 heteroatoms. The van der Waals surface area contributed by atoms with Gasteiger partial charge in [-0.15, -0.1) is 0 Å². The molecule has 0 spiro atoms. The minimum atomic E-state index is -0.485. The first kappa shape index (κ1) is 13.6. The highest BCUT2D eigenvalue weighted by Gasteiger charge is 2.27. The summed E-state index contributed by atoms with van der Waals surface area (Å²) in [4.78, 5) is 2.40. The maximum Gasteiger partial charge on any atom is 0.0843 e. The number of para-hydroxylation sites is 1. The Labute approximate surface area is 120 Å². The fourth-order valence-corrected chi connectivity index (χ4v) is 2.96. The lowest BCUT2D eigenvalue weighted by molar-refractivity contribution is -0.00751. The van der Waals surface area contributed by atoms with Crippen LogP contribution in [0, 0.1) is 0 Å². The van der Waals surface area contributed by atoms with E-state index in [0.717, 1.165) is 44.7 Å². The van der Waals surface area contributed by atoms with E-state index in [9.17, 15) is 5.11 Å². The number of likely N-dealkylation sites (tertiary alicyclic amines) is 1. The van der Waals surface area contributed by atoms with Crippen molar-refractivity contribution in [2.45, 2.75) is 45.4 Å². The lowest BCUT2D eigenvalue weighted by atomic mass is 9.94. The van der Waals surface area contributed by atoms with E-state index in [-0.39, 0.29) is 0 Å². The molecule has 108 valence electrons. The number of nitrogens with zero attached hydrogens (tertiary/aromatic N) is 3. The molecule has 0 saturated carbocycles. The first-order chi connectivity index (χ1) is 9.59. The molecular formula is C16H23N3O. The first-order valence-electron chi connectivity index (χ1n) is 7.48. The number of aryl methyl sites for hydroxylation is 1. The van der Waals surface area contributed by atoms with Gasteiger partial charge >= 0.3 is 0 Å². The summed E-state index contributed by atoms with van der Waals surface area (Å²) in [6.07, 6.45) is 1.69. The topological polar surface area (TPSA) is 41.3 Å². The number of aromatic nitrogens is 2. The maximum atomic E-state index is 10.0. The maximum absolute atomic E-state index is 10.0. The van der Waals surface area contributed by atoms with Crippen LogP contribution in [0.3, 0.4) is 0 Å². The summed E-state index contributed by atoms with van der Waals surface area (Å²) in [5, 5.41) is 16.0. The number of hydrogen-bond acceptors (Lipinski definition) is 3. The van der Waals surface area contributed by atoms with Gasteiger partial charge in [0.25, 0.3) is 0 Å². The van der Waals surface area contributed by atoms with Crippen molar-refractivity contribution in [3.63, 3.8) is 0 Å². The van der Waals surface area contributed by atoms with E-state index < -0.39 is 5.60 Å². The average Bonchev–Trinajstić information content (AvgIpc) is 2.80. The quantitative estimate of drug-likeness (QED) is 0.933. The smallest absolute Gasteiger partial charge is 0.0843 e. The Kier molecular flexibility index (Phi) is 3.52. The number of hydrogen-bond donors (Lipinski definition) is 1. The van der Waals surface area contributed by atoms with Crippen molar-refractivity contribution in [2.75, 3.05) is 13.1 Å². The SMILES string of the molecule is CCn1nc(CN2CCC(C)(O)CC2)c2ccccc21. The Balaban J connectivity index is 1.81. The van der Waals surface area contributed by atoms with Gasteiger partial charge in [-0.05, 0) is 32.8 Å². The summed E-state index contributed by atoms with van der Waals surface area (Å²) in [5.41, 5.74) is 1.89. The Hall–Kier alpha value is -1.39. The second kappa shape index (κ2) is 5.19. The van der Waals surface area contributed by atoms with E-state index in [1.165, 1.54) is 10.9 Å². The van der Waals surface area contributed by atoms with Crippen molar-refractivity contribution in [3.8, 4) is 0 Å². The van der Waals surface area contributed by atoms with Gasteiger partial charge < -0.3 is 5.11 Å². The number of rotatable bonds is 3. The van der Waals surface area contributed by atoms with Crippen molar-refractivity contribution in [2.24, 2.45) is 0 Å². The van der Waals surface area contributed by atoms with Crippen molar-refractivity contribution in [3.05, 3.63) is 30.0 Å². The van der Waals surface area contributed by atoms with Crippen molar-refractivity contribution in [1.29, 1.82) is 0 Å². The zero-order valence-corrected chi connectivity index (χ0v) is 12.3. The van der Waals surface area contributed by atoms with Gasteiger partial charge in [0.15, 0.2) is 0 Å². The van der Waals surface area contributed by atoms with Crippen LogP contribution in [-0.4, -0.2) is 38.5 Å². The van der Waals surface area contributed by atoms with Crippen LogP contribution in [0.1, 0.15) is 32.4 Å². The highest BCUT2D eigenvalue weighted by Crippen LogP contribution is 2.24. The van der Waals surface area contributed by atoms with E-state index in [2.05, 4.69) is 40.8 Å². The normalized spacial score (nSPS) is 19.6. The van der Waals surface area contributed by atoms with E-state index in [1.54, 1.807) is 0 Å². The predicted molar refractivity (Wildman–Crippen MR) is 80.5 cm³/mol. The third-order valence-electron chi connectivity index (χ3n) is 4.34. The van der Waals surface area contributed by atoms with E-state index in [0.29, 0.717) is 0 Å². The highest BCUT2D eigenvalue weighted by molar-refractivity contribution is 5.81. The molecule has 0 aliphatic carbocycles. The summed E-state index contributed by atoms with van der Waals surface area (Å²) in [6.45, 7) is 7.73. The van der Waals surface area contributed by atoms with Crippen LogP contribution in [0.2, 0.25) is 0 Å². The van der Waals surface area contributed by atoms with Gasteiger partial charge in [0.1, 0.15) is 0 Å². The Morgan fingerprint density at radius 2 is 1.95 bits per heavy atom. The zero-order chi connectivity index (χ0) is 14.2. The summed E-state index contributed by atoms with van der Waals surface area (Å²) in [6, 6.07) is 8.44. The minimum Gasteiger partial charge on any atom is -0.390 e. The molecule has 0 unspecified atom stereocenters. The lowest BCUT2D eigenvalue weighted by Gasteiger charge is -2.35. The molecule has 1 aromatic carbocycles. The van der Waals surface area contributed by atoms with Crippen LogP contribution < -0.4 is 0 Å². The van der Waals surface area contributed by atoms with Crippen LogP contribution in [0.4, 0.5) is 0 Å². The van der Waals surface area contributed by atoms with E-state index in [1.807, 2.05) is 6.92 Å². The van der Waals surface area contributed by atoms with Crippen LogP contribution in [-0.2, 0) is 13.1 Å². The lowest BCUT2D eigenvalue weighted by Crippen LogP contribution is -2.42. The Morgan fingerprint density at radius 3 is 2.65 bits per heavy atom. The minimum absolute atomic E-state index is 0.485. The third-order valence-corrected chi connectivity index (χ3v) is 4.34. The van der Waals surface area contributed by atoms with E-state index in [4.69, 9.17) is 5.10 Å². The fourth-order valence-electron chi connectivity index (χ4n) is 2.96. The molecule has 1 saturated heterocycles. The first-order valence-corrected chi connectivity index (χ1v) is 7.48. The molecule has 0 atom stereocenters. The van der Waals surface area contributed by atoms with Crippen molar-refractivity contribution < 1.29 is 5.11 Å². The van der Waals surface area contributed by atoms with Gasteiger partial charge in [0.05, 0.1) is 16.8 Å². The molecule has 4 nitrogen and oxygen atoms in total. The van der Waals surface area contributed by atoms with E-state index >= 15 is 0 Å². The number of fused-ring (bicyclic) bond motifs is 1. The van der Waals surface area contributed by atoms with Gasteiger partial charge in [-0.25, -0.2) is 0 Å². The van der Waals surface area contributed by atoms with Gasteiger partial charge in [-0.3, -0.25) is 9.58 Å². The summed E-state index contributed by atoms with van der Waals surface area (Å²) in [5.74, 6) is 0. The molecule has 2 heterocycles. The van der Waals surface area contributed by atoms with Gasteiger partial charge in [0, 0.05) is 31.6 Å². The van der Waals surface area contributed by atoms with Crippen molar-refractivity contribution >= 4 is 10.9 Å². The van der Waals surface area contributed by atoms with Crippen LogP contribution in [0.5, 0.6) is 0 Å².